The molecule has 0 aliphatic heterocycles. The van der Waals surface area contributed by atoms with Gasteiger partial charge in [0.2, 0.25) is 5.91 Å². The van der Waals surface area contributed by atoms with Gasteiger partial charge in [0.15, 0.2) is 0 Å². The van der Waals surface area contributed by atoms with Crippen molar-refractivity contribution in [3.05, 3.63) is 0 Å². The van der Waals surface area contributed by atoms with Gasteiger partial charge in [-0.15, -0.1) is 0 Å². The Kier molecular flexibility index (Phi) is 5.26. The van der Waals surface area contributed by atoms with Gasteiger partial charge in [0.25, 0.3) is 0 Å². The van der Waals surface area contributed by atoms with Crippen molar-refractivity contribution in [2.45, 2.75) is 77.3 Å². The summed E-state index contributed by atoms with van der Waals surface area (Å²) in [6, 6.07) is 0.712. The van der Waals surface area contributed by atoms with E-state index in [4.69, 9.17) is 5.73 Å². The molecule has 19 heavy (non-hydrogen) atoms. The van der Waals surface area contributed by atoms with Gasteiger partial charge in [-0.2, -0.15) is 0 Å². The first-order valence-corrected chi connectivity index (χ1v) is 8.21. The average Bonchev–Trinajstić information content (AvgIpc) is 2.44. The summed E-state index contributed by atoms with van der Waals surface area (Å²) in [7, 11) is 0. The molecule has 3 atom stereocenters. The Balaban J connectivity index is 2.02. The van der Waals surface area contributed by atoms with Crippen molar-refractivity contribution >= 4 is 5.91 Å². The molecule has 2 fully saturated rings. The van der Waals surface area contributed by atoms with Crippen LogP contribution in [-0.4, -0.2) is 29.4 Å². The summed E-state index contributed by atoms with van der Waals surface area (Å²) < 4.78 is 0. The van der Waals surface area contributed by atoms with Crippen LogP contribution in [0, 0.1) is 11.8 Å². The lowest BCUT2D eigenvalue weighted by atomic mass is 9.76. The highest BCUT2D eigenvalue weighted by atomic mass is 16.2. The summed E-state index contributed by atoms with van der Waals surface area (Å²) in [6.07, 6.45) is 9.55. The standard InChI is InChI=1S/C16H30N2O/c1-3-18(13-8-5-4-6-9-13)16(19)14-10-7-11-15(17)12(14)2/h12-15H,3-11,17H2,1-2H3. The Morgan fingerprint density at radius 1 is 1.11 bits per heavy atom. The first kappa shape index (κ1) is 14.8. The zero-order valence-electron chi connectivity index (χ0n) is 12.6. The van der Waals surface area contributed by atoms with Gasteiger partial charge < -0.3 is 10.6 Å². The molecule has 0 bridgehead atoms. The molecule has 3 heteroatoms. The Labute approximate surface area is 117 Å². The van der Waals surface area contributed by atoms with Crippen LogP contribution in [0.25, 0.3) is 0 Å². The van der Waals surface area contributed by atoms with Crippen LogP contribution in [0.15, 0.2) is 0 Å². The summed E-state index contributed by atoms with van der Waals surface area (Å²) in [6.45, 7) is 5.16. The molecular weight excluding hydrogens is 236 g/mol. The molecule has 3 unspecified atom stereocenters. The zero-order chi connectivity index (χ0) is 13.8. The molecule has 0 spiro atoms. The second kappa shape index (κ2) is 6.74. The van der Waals surface area contributed by atoms with Crippen molar-refractivity contribution in [3.63, 3.8) is 0 Å². The molecule has 0 aromatic rings. The van der Waals surface area contributed by atoms with Crippen LogP contribution in [-0.2, 0) is 4.79 Å². The molecule has 0 heterocycles. The summed E-state index contributed by atoms with van der Waals surface area (Å²) >= 11 is 0. The summed E-state index contributed by atoms with van der Waals surface area (Å²) in [5.74, 6) is 0.904. The maximum atomic E-state index is 12.9. The van der Waals surface area contributed by atoms with E-state index in [0.717, 1.165) is 25.8 Å². The normalized spacial score (nSPS) is 33.1. The number of rotatable bonds is 3. The number of nitrogens with zero attached hydrogens (tertiary/aromatic N) is 1. The van der Waals surface area contributed by atoms with Crippen LogP contribution >= 0.6 is 0 Å². The molecule has 2 saturated carbocycles. The lowest BCUT2D eigenvalue weighted by Crippen LogP contribution is -2.49. The molecule has 2 aliphatic carbocycles. The monoisotopic (exact) mass is 266 g/mol. The van der Waals surface area contributed by atoms with Gasteiger partial charge >= 0.3 is 0 Å². The van der Waals surface area contributed by atoms with Gasteiger partial charge in [-0.3, -0.25) is 4.79 Å². The number of amides is 1. The molecule has 2 aliphatic rings. The van der Waals surface area contributed by atoms with E-state index in [0.29, 0.717) is 17.9 Å². The van der Waals surface area contributed by atoms with Crippen molar-refractivity contribution < 1.29 is 4.79 Å². The lowest BCUT2D eigenvalue weighted by molar-refractivity contribution is -0.141. The van der Waals surface area contributed by atoms with E-state index in [9.17, 15) is 4.79 Å². The van der Waals surface area contributed by atoms with Gasteiger partial charge in [0.1, 0.15) is 0 Å². The highest BCUT2D eigenvalue weighted by Gasteiger charge is 2.36. The van der Waals surface area contributed by atoms with Crippen LogP contribution in [0.2, 0.25) is 0 Å². The fourth-order valence-corrected chi connectivity index (χ4v) is 3.95. The van der Waals surface area contributed by atoms with Crippen LogP contribution in [0.3, 0.4) is 0 Å². The van der Waals surface area contributed by atoms with Gasteiger partial charge in [0.05, 0.1) is 0 Å². The number of hydrogen-bond acceptors (Lipinski definition) is 2. The second-order valence-corrected chi connectivity index (χ2v) is 6.48. The Bertz CT molecular complexity index is 299. The predicted octanol–water partition coefficient (Wildman–Crippen LogP) is 2.93. The van der Waals surface area contributed by atoms with E-state index in [1.54, 1.807) is 0 Å². The maximum Gasteiger partial charge on any atom is 0.226 e. The molecule has 0 saturated heterocycles. The SMILES string of the molecule is CCN(C(=O)C1CCCC(N)C1C)C1CCCCC1. The average molecular weight is 266 g/mol. The molecule has 0 aromatic heterocycles. The van der Waals surface area contributed by atoms with Crippen LogP contribution in [0.5, 0.6) is 0 Å². The van der Waals surface area contributed by atoms with E-state index in [2.05, 4.69) is 18.7 Å². The van der Waals surface area contributed by atoms with Crippen molar-refractivity contribution in [3.8, 4) is 0 Å². The molecule has 0 aromatic carbocycles. The van der Waals surface area contributed by atoms with Gasteiger partial charge in [-0.25, -0.2) is 0 Å². The largest absolute Gasteiger partial charge is 0.340 e. The molecular formula is C16H30N2O. The third-order valence-electron chi connectivity index (χ3n) is 5.32. The minimum Gasteiger partial charge on any atom is -0.340 e. The molecule has 3 nitrogen and oxygen atoms in total. The quantitative estimate of drug-likeness (QED) is 0.853. The van der Waals surface area contributed by atoms with E-state index >= 15 is 0 Å². The van der Waals surface area contributed by atoms with E-state index in [1.165, 1.54) is 32.1 Å². The van der Waals surface area contributed by atoms with Crippen molar-refractivity contribution in [1.29, 1.82) is 0 Å². The van der Waals surface area contributed by atoms with Crippen molar-refractivity contribution in [2.75, 3.05) is 6.54 Å². The predicted molar refractivity (Wildman–Crippen MR) is 78.7 cm³/mol. The molecule has 0 radical (unpaired) electrons. The highest BCUT2D eigenvalue weighted by Crippen LogP contribution is 2.32. The smallest absolute Gasteiger partial charge is 0.226 e. The van der Waals surface area contributed by atoms with E-state index in [-0.39, 0.29) is 12.0 Å². The first-order chi connectivity index (χ1) is 9.15. The topological polar surface area (TPSA) is 46.3 Å². The number of carbonyl (C=O) groups excluding carboxylic acids is 1. The summed E-state index contributed by atoms with van der Waals surface area (Å²) in [5, 5.41) is 0. The molecule has 110 valence electrons. The Morgan fingerprint density at radius 2 is 1.79 bits per heavy atom. The Hall–Kier alpha value is -0.570. The highest BCUT2D eigenvalue weighted by molar-refractivity contribution is 5.79. The molecule has 2 rings (SSSR count). The summed E-state index contributed by atoms with van der Waals surface area (Å²) in [5.41, 5.74) is 6.16. The van der Waals surface area contributed by atoms with E-state index in [1.807, 2.05) is 0 Å². The van der Waals surface area contributed by atoms with Crippen molar-refractivity contribution in [1.82, 2.24) is 4.90 Å². The van der Waals surface area contributed by atoms with Crippen LogP contribution in [0.1, 0.15) is 65.2 Å². The zero-order valence-corrected chi connectivity index (χ0v) is 12.6. The minimum atomic E-state index is 0.172. The van der Waals surface area contributed by atoms with Gasteiger partial charge in [-0.05, 0) is 38.5 Å². The maximum absolute atomic E-state index is 12.9. The Morgan fingerprint density at radius 3 is 2.42 bits per heavy atom. The fraction of sp³-hybridized carbons (Fsp3) is 0.938. The first-order valence-electron chi connectivity index (χ1n) is 8.21. The minimum absolute atomic E-state index is 0.172. The van der Waals surface area contributed by atoms with Crippen LogP contribution in [0.4, 0.5) is 0 Å². The number of hydrogen-bond donors (Lipinski definition) is 1. The number of nitrogens with two attached hydrogens (primary N) is 1. The van der Waals surface area contributed by atoms with Crippen molar-refractivity contribution in [2.24, 2.45) is 17.6 Å². The van der Waals surface area contributed by atoms with Crippen LogP contribution < -0.4 is 5.73 Å². The third kappa shape index (κ3) is 3.31. The second-order valence-electron chi connectivity index (χ2n) is 6.48. The fourth-order valence-electron chi connectivity index (χ4n) is 3.95. The summed E-state index contributed by atoms with van der Waals surface area (Å²) in [4.78, 5) is 15.0. The van der Waals surface area contributed by atoms with Gasteiger partial charge in [0, 0.05) is 24.5 Å². The van der Waals surface area contributed by atoms with E-state index < -0.39 is 0 Å². The number of carbonyl (C=O) groups is 1. The molecule has 2 N–H and O–H groups in total. The van der Waals surface area contributed by atoms with Gasteiger partial charge in [-0.1, -0.05) is 32.6 Å². The molecule has 1 amide bonds. The third-order valence-corrected chi connectivity index (χ3v) is 5.32. The lowest BCUT2D eigenvalue weighted by Gasteiger charge is -2.40.